The molecule has 0 aliphatic carbocycles. The zero-order valence-corrected chi connectivity index (χ0v) is 14.6. The summed E-state index contributed by atoms with van der Waals surface area (Å²) in [5, 5.41) is 9.60. The van der Waals surface area contributed by atoms with Gasteiger partial charge in [-0.3, -0.25) is 0 Å². The number of anilines is 1. The minimum Gasteiger partial charge on any atom is -0.496 e. The first kappa shape index (κ1) is 17.4. The molecular formula is C18H21N3O3. The van der Waals surface area contributed by atoms with Gasteiger partial charge < -0.3 is 19.9 Å². The molecule has 0 radical (unpaired) electrons. The molecule has 0 saturated carbocycles. The average Bonchev–Trinajstić information content (AvgIpc) is 2.61. The van der Waals surface area contributed by atoms with Gasteiger partial charge in [0.1, 0.15) is 34.7 Å². The van der Waals surface area contributed by atoms with Crippen LogP contribution in [0.4, 0.5) is 5.82 Å². The third-order valence-corrected chi connectivity index (χ3v) is 3.98. The molecule has 0 saturated heterocycles. The summed E-state index contributed by atoms with van der Waals surface area (Å²) in [7, 11) is 4.69. The molecule has 0 amide bonds. The van der Waals surface area contributed by atoms with Crippen molar-refractivity contribution in [3.8, 4) is 34.4 Å². The smallest absolute Gasteiger partial charge is 0.142 e. The van der Waals surface area contributed by atoms with Gasteiger partial charge in [0.25, 0.3) is 0 Å². The van der Waals surface area contributed by atoms with E-state index in [1.807, 2.05) is 13.8 Å². The van der Waals surface area contributed by atoms with E-state index < -0.39 is 0 Å². The summed E-state index contributed by atoms with van der Waals surface area (Å²) in [5.74, 6) is 1.88. The van der Waals surface area contributed by atoms with Crippen molar-refractivity contribution in [1.29, 1.82) is 5.26 Å². The molecule has 1 aromatic heterocycles. The van der Waals surface area contributed by atoms with Crippen LogP contribution in [0.15, 0.2) is 12.1 Å². The number of aryl methyl sites for hydroxylation is 1. The highest BCUT2D eigenvalue weighted by atomic mass is 16.5. The molecule has 0 atom stereocenters. The molecule has 1 aromatic carbocycles. The quantitative estimate of drug-likeness (QED) is 0.907. The molecule has 2 rings (SSSR count). The molecule has 24 heavy (non-hydrogen) atoms. The lowest BCUT2D eigenvalue weighted by atomic mass is 9.92. The fraction of sp³-hybridized carbons (Fsp3) is 0.333. The van der Waals surface area contributed by atoms with E-state index in [1.54, 1.807) is 33.5 Å². The highest BCUT2D eigenvalue weighted by Gasteiger charge is 2.23. The highest BCUT2D eigenvalue weighted by molar-refractivity contribution is 5.87. The molecule has 2 aromatic rings. The predicted octanol–water partition coefficient (Wildman–Crippen LogP) is 3.10. The Balaban J connectivity index is 2.96. The lowest BCUT2D eigenvalue weighted by molar-refractivity contribution is 0.377. The van der Waals surface area contributed by atoms with E-state index in [0.717, 1.165) is 11.3 Å². The molecule has 1 heterocycles. The number of benzene rings is 1. The van der Waals surface area contributed by atoms with Crippen molar-refractivity contribution >= 4 is 5.82 Å². The summed E-state index contributed by atoms with van der Waals surface area (Å²) >= 11 is 0. The third kappa shape index (κ3) is 2.81. The van der Waals surface area contributed by atoms with E-state index in [0.29, 0.717) is 40.4 Å². The first-order valence-corrected chi connectivity index (χ1v) is 7.51. The van der Waals surface area contributed by atoms with E-state index in [2.05, 4.69) is 11.1 Å². The second-order valence-corrected chi connectivity index (χ2v) is 5.19. The van der Waals surface area contributed by atoms with Gasteiger partial charge in [-0.1, -0.05) is 6.92 Å². The van der Waals surface area contributed by atoms with Crippen molar-refractivity contribution in [3.63, 3.8) is 0 Å². The molecule has 6 nitrogen and oxygen atoms in total. The van der Waals surface area contributed by atoms with Crippen molar-refractivity contribution in [1.82, 2.24) is 4.98 Å². The lowest BCUT2D eigenvalue weighted by Gasteiger charge is -2.19. The van der Waals surface area contributed by atoms with Crippen LogP contribution in [0.2, 0.25) is 0 Å². The van der Waals surface area contributed by atoms with E-state index >= 15 is 0 Å². The van der Waals surface area contributed by atoms with Gasteiger partial charge in [0.2, 0.25) is 0 Å². The van der Waals surface area contributed by atoms with E-state index in [4.69, 9.17) is 19.9 Å². The minimum atomic E-state index is 0.204. The maximum atomic E-state index is 9.60. The Morgan fingerprint density at radius 2 is 1.67 bits per heavy atom. The Morgan fingerprint density at radius 1 is 1.08 bits per heavy atom. The monoisotopic (exact) mass is 327 g/mol. The molecule has 0 aliphatic heterocycles. The maximum absolute atomic E-state index is 9.60. The topological polar surface area (TPSA) is 90.4 Å². The third-order valence-electron chi connectivity index (χ3n) is 3.98. The number of hydrogen-bond acceptors (Lipinski definition) is 6. The first-order chi connectivity index (χ1) is 11.5. The lowest BCUT2D eigenvalue weighted by Crippen LogP contribution is -2.06. The highest BCUT2D eigenvalue weighted by Crippen LogP contribution is 2.45. The van der Waals surface area contributed by atoms with Crippen LogP contribution in [0.25, 0.3) is 11.1 Å². The molecule has 0 bridgehead atoms. The van der Waals surface area contributed by atoms with Crippen LogP contribution in [-0.4, -0.2) is 26.3 Å². The van der Waals surface area contributed by atoms with Gasteiger partial charge >= 0.3 is 0 Å². The number of nitrogens with zero attached hydrogens (tertiary/aromatic N) is 2. The van der Waals surface area contributed by atoms with Crippen LogP contribution in [-0.2, 0) is 6.42 Å². The SMILES string of the molecule is CCc1nc(N)c(C#N)c(-c2c(OC)cc(OC)cc2OC)c1C. The van der Waals surface area contributed by atoms with Crippen LogP contribution in [0.3, 0.4) is 0 Å². The summed E-state index contributed by atoms with van der Waals surface area (Å²) in [6, 6.07) is 5.66. The number of methoxy groups -OCH3 is 3. The summed E-state index contributed by atoms with van der Waals surface area (Å²) in [5.41, 5.74) is 9.38. The van der Waals surface area contributed by atoms with E-state index in [9.17, 15) is 5.26 Å². The number of ether oxygens (including phenoxy) is 3. The molecule has 0 spiro atoms. The minimum absolute atomic E-state index is 0.204. The molecule has 2 N–H and O–H groups in total. The van der Waals surface area contributed by atoms with Crippen molar-refractivity contribution in [2.45, 2.75) is 20.3 Å². The van der Waals surface area contributed by atoms with Crippen molar-refractivity contribution in [2.24, 2.45) is 0 Å². The molecule has 0 aliphatic rings. The van der Waals surface area contributed by atoms with Crippen LogP contribution >= 0.6 is 0 Å². The van der Waals surface area contributed by atoms with Crippen LogP contribution in [0, 0.1) is 18.3 Å². The van der Waals surface area contributed by atoms with Gasteiger partial charge in [-0.2, -0.15) is 5.26 Å². The van der Waals surface area contributed by atoms with Gasteiger partial charge in [-0.05, 0) is 18.9 Å². The largest absolute Gasteiger partial charge is 0.496 e. The Hall–Kier alpha value is -2.94. The van der Waals surface area contributed by atoms with E-state index in [1.165, 1.54) is 0 Å². The van der Waals surface area contributed by atoms with Crippen molar-refractivity contribution < 1.29 is 14.2 Å². The number of aromatic nitrogens is 1. The van der Waals surface area contributed by atoms with Gasteiger partial charge in [0.15, 0.2) is 0 Å². The van der Waals surface area contributed by atoms with Crippen LogP contribution < -0.4 is 19.9 Å². The normalized spacial score (nSPS) is 10.2. The molecule has 0 fully saturated rings. The maximum Gasteiger partial charge on any atom is 0.142 e. The van der Waals surface area contributed by atoms with Crippen molar-refractivity contribution in [3.05, 3.63) is 29.0 Å². The number of nitrogen functional groups attached to an aromatic ring is 1. The van der Waals surface area contributed by atoms with E-state index in [-0.39, 0.29) is 5.82 Å². The molecule has 0 unspecified atom stereocenters. The molecule has 126 valence electrons. The molecular weight excluding hydrogens is 306 g/mol. The van der Waals surface area contributed by atoms with Gasteiger partial charge in [-0.15, -0.1) is 0 Å². The average molecular weight is 327 g/mol. The Bertz CT molecular complexity index is 784. The number of hydrogen-bond donors (Lipinski definition) is 1. The zero-order valence-electron chi connectivity index (χ0n) is 14.6. The van der Waals surface area contributed by atoms with Crippen LogP contribution in [0.5, 0.6) is 17.2 Å². The predicted molar refractivity (Wildman–Crippen MR) is 92.6 cm³/mol. The Morgan fingerprint density at radius 3 is 2.08 bits per heavy atom. The standard InChI is InChI=1S/C18H21N3O3/c1-6-13-10(2)16(12(9-19)18(20)21-13)17-14(23-4)7-11(22-3)8-15(17)24-5/h7-8H,6H2,1-5H3,(H2,20,21). The summed E-state index contributed by atoms with van der Waals surface area (Å²) < 4.78 is 16.3. The summed E-state index contributed by atoms with van der Waals surface area (Å²) in [4.78, 5) is 4.34. The number of nitriles is 1. The number of pyridine rings is 1. The second kappa shape index (κ2) is 7.09. The second-order valence-electron chi connectivity index (χ2n) is 5.19. The van der Waals surface area contributed by atoms with Gasteiger partial charge in [0, 0.05) is 23.4 Å². The summed E-state index contributed by atoms with van der Waals surface area (Å²) in [6.45, 7) is 3.91. The fourth-order valence-electron chi connectivity index (χ4n) is 2.77. The van der Waals surface area contributed by atoms with Crippen LogP contribution in [0.1, 0.15) is 23.7 Å². The van der Waals surface area contributed by atoms with Gasteiger partial charge in [-0.25, -0.2) is 4.98 Å². The number of nitrogens with two attached hydrogens (primary N) is 1. The van der Waals surface area contributed by atoms with Gasteiger partial charge in [0.05, 0.1) is 26.9 Å². The molecule has 6 heteroatoms. The fourth-order valence-corrected chi connectivity index (χ4v) is 2.77. The Kier molecular flexibility index (Phi) is 5.14. The zero-order chi connectivity index (χ0) is 17.9. The first-order valence-electron chi connectivity index (χ1n) is 7.51. The summed E-state index contributed by atoms with van der Waals surface area (Å²) in [6.07, 6.45) is 0.704. The van der Waals surface area contributed by atoms with Crippen molar-refractivity contribution in [2.75, 3.05) is 27.1 Å². The number of rotatable bonds is 5. The Labute approximate surface area is 141 Å².